The Hall–Kier alpha value is -2.10. The van der Waals surface area contributed by atoms with Crippen LogP contribution in [0.15, 0.2) is 24.3 Å². The molecule has 0 radical (unpaired) electrons. The first kappa shape index (κ1) is 11.0. The van der Waals surface area contributed by atoms with Gasteiger partial charge in [-0.3, -0.25) is 9.59 Å². The summed E-state index contributed by atoms with van der Waals surface area (Å²) in [5.41, 5.74) is 6.17. The quantitative estimate of drug-likeness (QED) is 0.645. The first-order chi connectivity index (χ1) is 8.68. The number of nitrogens with two attached hydrogens (primary N) is 1. The Morgan fingerprint density at radius 1 is 1.28 bits per heavy atom. The molecular weight excluding hydrogens is 228 g/mol. The minimum absolute atomic E-state index is 0.0694. The number of hydrogen-bond donors (Lipinski definition) is 2. The zero-order chi connectivity index (χ0) is 12.7. The second kappa shape index (κ2) is 3.98. The van der Waals surface area contributed by atoms with Gasteiger partial charge in [-0.1, -0.05) is 30.3 Å². The van der Waals surface area contributed by atoms with Gasteiger partial charge in [-0.05, 0) is 11.6 Å². The molecule has 3 N–H and O–H groups in total. The van der Waals surface area contributed by atoms with Gasteiger partial charge in [0.25, 0.3) is 5.91 Å². The monoisotopic (exact) mass is 242 g/mol. The van der Waals surface area contributed by atoms with E-state index in [0.29, 0.717) is 6.54 Å². The second-order valence-electron chi connectivity index (χ2n) is 4.76. The Morgan fingerprint density at radius 3 is 2.83 bits per heavy atom. The maximum absolute atomic E-state index is 11.8. The normalized spacial score (nSPS) is 24.6. The molecule has 0 spiro atoms. The molecule has 2 unspecified atom stereocenters. The lowest BCUT2D eigenvalue weighted by molar-refractivity contribution is -0.138. The summed E-state index contributed by atoms with van der Waals surface area (Å²) in [6.45, 7) is 0.504. The van der Waals surface area contributed by atoms with Crippen molar-refractivity contribution < 1.29 is 9.59 Å². The number of fused-ring (bicyclic) bond motifs is 2. The SMILES string of the molecule is NC(=O)C(=O)C1CNC2=c3ccccc3=CCC21. The molecule has 18 heavy (non-hydrogen) atoms. The highest BCUT2D eigenvalue weighted by atomic mass is 16.2. The van der Waals surface area contributed by atoms with Crippen LogP contribution in [0.5, 0.6) is 0 Å². The Balaban J connectivity index is 2.08. The summed E-state index contributed by atoms with van der Waals surface area (Å²) in [5.74, 6) is -1.54. The molecule has 92 valence electrons. The minimum Gasteiger partial charge on any atom is -0.387 e. The van der Waals surface area contributed by atoms with Gasteiger partial charge in [-0.2, -0.15) is 0 Å². The molecule has 2 aliphatic rings. The van der Waals surface area contributed by atoms with Gasteiger partial charge in [0.2, 0.25) is 5.78 Å². The van der Waals surface area contributed by atoms with Gasteiger partial charge in [-0.15, -0.1) is 0 Å². The fourth-order valence-electron chi connectivity index (χ4n) is 2.90. The Labute approximate surface area is 104 Å². The molecule has 0 aromatic heterocycles. The maximum Gasteiger partial charge on any atom is 0.285 e. The van der Waals surface area contributed by atoms with E-state index in [0.717, 1.165) is 17.3 Å². The summed E-state index contributed by atoms with van der Waals surface area (Å²) in [6.07, 6.45) is 2.90. The topological polar surface area (TPSA) is 72.2 Å². The molecule has 4 nitrogen and oxygen atoms in total. The van der Waals surface area contributed by atoms with E-state index in [1.165, 1.54) is 5.22 Å². The second-order valence-corrected chi connectivity index (χ2v) is 4.76. The van der Waals surface area contributed by atoms with Crippen molar-refractivity contribution in [3.05, 3.63) is 34.7 Å². The number of primary amides is 1. The third kappa shape index (κ3) is 1.53. The first-order valence-corrected chi connectivity index (χ1v) is 6.05. The third-order valence-corrected chi connectivity index (χ3v) is 3.79. The average Bonchev–Trinajstić information content (AvgIpc) is 2.81. The van der Waals surface area contributed by atoms with Crippen LogP contribution in [0.25, 0.3) is 11.8 Å². The summed E-state index contributed by atoms with van der Waals surface area (Å²) >= 11 is 0. The smallest absolute Gasteiger partial charge is 0.285 e. The van der Waals surface area contributed by atoms with E-state index >= 15 is 0 Å². The van der Waals surface area contributed by atoms with E-state index in [1.807, 2.05) is 18.2 Å². The number of benzene rings is 1. The Morgan fingerprint density at radius 2 is 2.06 bits per heavy atom. The molecule has 1 amide bonds. The molecular formula is C14H14N2O2. The zero-order valence-electron chi connectivity index (χ0n) is 9.85. The summed E-state index contributed by atoms with van der Waals surface area (Å²) in [6, 6.07) is 8.07. The standard InChI is InChI=1S/C14H14N2O2/c15-14(18)13(17)11-7-16-12-9-4-2-1-3-8(9)5-6-10(11)12/h1-5,10-11,16H,6-7H2,(H2,15,18). The van der Waals surface area contributed by atoms with Crippen LogP contribution in [-0.2, 0) is 9.59 Å². The van der Waals surface area contributed by atoms with Crippen LogP contribution >= 0.6 is 0 Å². The predicted octanol–water partition coefficient (Wildman–Crippen LogP) is -1.13. The lowest BCUT2D eigenvalue weighted by Gasteiger charge is -2.18. The number of nitrogens with one attached hydrogen (secondary N) is 1. The first-order valence-electron chi connectivity index (χ1n) is 6.05. The van der Waals surface area contributed by atoms with Crippen LogP contribution in [0.1, 0.15) is 6.42 Å². The summed E-state index contributed by atoms with van der Waals surface area (Å²) in [7, 11) is 0. The van der Waals surface area contributed by atoms with Gasteiger partial charge >= 0.3 is 0 Å². The van der Waals surface area contributed by atoms with E-state index in [1.54, 1.807) is 0 Å². The van der Waals surface area contributed by atoms with E-state index < -0.39 is 11.7 Å². The third-order valence-electron chi connectivity index (χ3n) is 3.79. The van der Waals surface area contributed by atoms with Crippen LogP contribution in [0.3, 0.4) is 0 Å². The molecule has 1 saturated heterocycles. The van der Waals surface area contributed by atoms with Crippen molar-refractivity contribution in [2.24, 2.45) is 17.6 Å². The molecule has 1 heterocycles. The van der Waals surface area contributed by atoms with Crippen molar-refractivity contribution in [1.82, 2.24) is 5.32 Å². The largest absolute Gasteiger partial charge is 0.387 e. The number of amides is 1. The lowest BCUT2D eigenvalue weighted by atomic mass is 9.84. The minimum atomic E-state index is -0.832. The van der Waals surface area contributed by atoms with Crippen molar-refractivity contribution in [2.45, 2.75) is 6.42 Å². The molecule has 0 bridgehead atoms. The molecule has 0 saturated carbocycles. The van der Waals surface area contributed by atoms with Crippen molar-refractivity contribution in [1.29, 1.82) is 0 Å². The van der Waals surface area contributed by atoms with E-state index in [4.69, 9.17) is 5.73 Å². The lowest BCUT2D eigenvalue weighted by Crippen LogP contribution is -2.37. The maximum atomic E-state index is 11.8. The van der Waals surface area contributed by atoms with E-state index in [2.05, 4.69) is 17.5 Å². The molecule has 2 atom stereocenters. The molecule has 1 fully saturated rings. The summed E-state index contributed by atoms with van der Waals surface area (Å²) < 4.78 is 0. The van der Waals surface area contributed by atoms with E-state index in [-0.39, 0.29) is 11.8 Å². The molecule has 1 aromatic carbocycles. The number of Topliss-reactive ketones (excluding diaryl/α,β-unsaturated/α-hetero) is 1. The van der Waals surface area contributed by atoms with Crippen LogP contribution in [0.4, 0.5) is 0 Å². The van der Waals surface area contributed by atoms with Crippen molar-refractivity contribution in [2.75, 3.05) is 6.54 Å². The number of carbonyl (C=O) groups excluding carboxylic acids is 2. The van der Waals surface area contributed by atoms with Gasteiger partial charge in [0.05, 0.1) is 5.92 Å². The van der Waals surface area contributed by atoms with Crippen LogP contribution in [0, 0.1) is 11.8 Å². The molecule has 1 aromatic rings. The van der Waals surface area contributed by atoms with E-state index in [9.17, 15) is 9.59 Å². The summed E-state index contributed by atoms with van der Waals surface area (Å²) in [5, 5.41) is 5.59. The number of hydrogen-bond acceptors (Lipinski definition) is 3. The molecule has 3 rings (SSSR count). The molecule has 4 heteroatoms. The van der Waals surface area contributed by atoms with Crippen molar-refractivity contribution >= 4 is 23.5 Å². The van der Waals surface area contributed by atoms with Gasteiger partial charge < -0.3 is 11.1 Å². The predicted molar refractivity (Wildman–Crippen MR) is 67.4 cm³/mol. The fraction of sp³-hybridized carbons (Fsp3) is 0.286. The Kier molecular flexibility index (Phi) is 2.44. The van der Waals surface area contributed by atoms with Crippen LogP contribution < -0.4 is 21.5 Å². The van der Waals surface area contributed by atoms with Crippen LogP contribution in [0.2, 0.25) is 0 Å². The molecule has 1 aliphatic carbocycles. The molecule has 1 aliphatic heterocycles. The Bertz CT molecular complexity index is 648. The number of ketones is 1. The highest BCUT2D eigenvalue weighted by Crippen LogP contribution is 2.30. The van der Waals surface area contributed by atoms with Crippen molar-refractivity contribution in [3.8, 4) is 0 Å². The van der Waals surface area contributed by atoms with Gasteiger partial charge in [0, 0.05) is 23.4 Å². The van der Waals surface area contributed by atoms with Gasteiger partial charge in [0.1, 0.15) is 0 Å². The highest BCUT2D eigenvalue weighted by Gasteiger charge is 2.38. The highest BCUT2D eigenvalue weighted by molar-refractivity contribution is 6.36. The number of carbonyl (C=O) groups is 2. The summed E-state index contributed by atoms with van der Waals surface area (Å²) in [4.78, 5) is 22.8. The fourth-order valence-corrected chi connectivity index (χ4v) is 2.90. The zero-order valence-corrected chi connectivity index (χ0v) is 9.85. The number of rotatable bonds is 2. The van der Waals surface area contributed by atoms with Gasteiger partial charge in [0.15, 0.2) is 0 Å². The van der Waals surface area contributed by atoms with Crippen molar-refractivity contribution in [3.63, 3.8) is 0 Å². The average molecular weight is 242 g/mol. The van der Waals surface area contributed by atoms with Crippen LogP contribution in [-0.4, -0.2) is 18.2 Å². The van der Waals surface area contributed by atoms with Gasteiger partial charge in [-0.25, -0.2) is 0 Å².